The van der Waals surface area contributed by atoms with Gasteiger partial charge in [0.05, 0.1) is 5.69 Å². The van der Waals surface area contributed by atoms with Crippen LogP contribution in [-0.2, 0) is 4.79 Å². The molecule has 0 saturated heterocycles. The number of carboxylic acids is 1. The second-order valence-corrected chi connectivity index (χ2v) is 2.78. The van der Waals surface area contributed by atoms with Gasteiger partial charge in [-0.15, -0.1) is 0 Å². The molecule has 0 heterocycles. The molecule has 0 aliphatic carbocycles. The SMILES string of the molecule is CC(Oc1cc(F)ccc1N)C(=O)O. The number of halogens is 1. The van der Waals surface area contributed by atoms with E-state index in [9.17, 15) is 9.18 Å². The van der Waals surface area contributed by atoms with Crippen LogP contribution in [0.5, 0.6) is 5.75 Å². The van der Waals surface area contributed by atoms with Crippen LogP contribution in [0.4, 0.5) is 10.1 Å². The van der Waals surface area contributed by atoms with Gasteiger partial charge >= 0.3 is 5.97 Å². The fourth-order valence-corrected chi connectivity index (χ4v) is 0.851. The molecule has 1 atom stereocenters. The van der Waals surface area contributed by atoms with Gasteiger partial charge in [0, 0.05) is 6.07 Å². The van der Waals surface area contributed by atoms with Crippen LogP contribution in [0.25, 0.3) is 0 Å². The zero-order valence-corrected chi connectivity index (χ0v) is 7.53. The average molecular weight is 199 g/mol. The fourth-order valence-electron chi connectivity index (χ4n) is 0.851. The quantitative estimate of drug-likeness (QED) is 0.719. The molecule has 0 fully saturated rings. The van der Waals surface area contributed by atoms with Gasteiger partial charge in [-0.05, 0) is 19.1 Å². The standard InChI is InChI=1S/C9H10FNO3/c1-5(9(12)13)14-8-4-6(10)2-3-7(8)11/h2-5H,11H2,1H3,(H,12,13). The zero-order chi connectivity index (χ0) is 10.7. The lowest BCUT2D eigenvalue weighted by molar-refractivity contribution is -0.144. The molecule has 0 bridgehead atoms. The van der Waals surface area contributed by atoms with Crippen molar-refractivity contribution in [2.24, 2.45) is 0 Å². The first kappa shape index (κ1) is 10.3. The minimum atomic E-state index is -1.13. The first-order chi connectivity index (χ1) is 6.50. The molecule has 0 saturated carbocycles. The molecule has 76 valence electrons. The molecule has 5 heteroatoms. The number of nitrogens with two attached hydrogens (primary N) is 1. The van der Waals surface area contributed by atoms with Crippen LogP contribution >= 0.6 is 0 Å². The Kier molecular flexibility index (Phi) is 2.91. The van der Waals surface area contributed by atoms with Crippen LogP contribution in [0.3, 0.4) is 0 Å². The Labute approximate surface area is 80.1 Å². The van der Waals surface area contributed by atoms with Crippen molar-refractivity contribution in [1.29, 1.82) is 0 Å². The van der Waals surface area contributed by atoms with E-state index in [0.717, 1.165) is 6.07 Å². The molecule has 1 unspecified atom stereocenters. The highest BCUT2D eigenvalue weighted by Gasteiger charge is 2.14. The Balaban J connectivity index is 2.85. The molecular formula is C9H10FNO3. The summed E-state index contributed by atoms with van der Waals surface area (Å²) in [6.45, 7) is 1.34. The number of rotatable bonds is 3. The largest absolute Gasteiger partial charge is 0.479 e. The molecule has 3 N–H and O–H groups in total. The van der Waals surface area contributed by atoms with E-state index in [1.807, 2.05) is 0 Å². The molecule has 1 aromatic rings. The van der Waals surface area contributed by atoms with E-state index < -0.39 is 17.9 Å². The number of anilines is 1. The first-order valence-electron chi connectivity index (χ1n) is 3.95. The number of hydrogen-bond donors (Lipinski definition) is 2. The maximum Gasteiger partial charge on any atom is 0.344 e. The van der Waals surface area contributed by atoms with Gasteiger partial charge in [0.2, 0.25) is 0 Å². The summed E-state index contributed by atoms with van der Waals surface area (Å²) >= 11 is 0. The van der Waals surface area contributed by atoms with E-state index in [1.165, 1.54) is 19.1 Å². The molecule has 0 aliphatic rings. The molecule has 1 rings (SSSR count). The van der Waals surface area contributed by atoms with Crippen molar-refractivity contribution in [2.45, 2.75) is 13.0 Å². The lowest BCUT2D eigenvalue weighted by atomic mass is 10.3. The van der Waals surface area contributed by atoms with Gasteiger partial charge in [0.25, 0.3) is 0 Å². The third kappa shape index (κ3) is 2.35. The second-order valence-electron chi connectivity index (χ2n) is 2.78. The van der Waals surface area contributed by atoms with Gasteiger partial charge in [-0.25, -0.2) is 9.18 Å². The van der Waals surface area contributed by atoms with Crippen LogP contribution in [0.1, 0.15) is 6.92 Å². The number of aliphatic carboxylic acids is 1. The number of hydrogen-bond acceptors (Lipinski definition) is 3. The van der Waals surface area contributed by atoms with Gasteiger partial charge < -0.3 is 15.6 Å². The Morgan fingerprint density at radius 3 is 2.86 bits per heavy atom. The predicted octanol–water partition coefficient (Wildman–Crippen LogP) is 1.26. The van der Waals surface area contributed by atoms with Crippen LogP contribution in [0.2, 0.25) is 0 Å². The van der Waals surface area contributed by atoms with Crippen LogP contribution in [-0.4, -0.2) is 17.2 Å². The van der Waals surface area contributed by atoms with Crippen molar-refractivity contribution in [1.82, 2.24) is 0 Å². The molecule has 0 spiro atoms. The summed E-state index contributed by atoms with van der Waals surface area (Å²) in [7, 11) is 0. The third-order valence-electron chi connectivity index (χ3n) is 1.63. The first-order valence-corrected chi connectivity index (χ1v) is 3.95. The molecule has 4 nitrogen and oxygen atoms in total. The van der Waals surface area contributed by atoms with Gasteiger partial charge in [0.15, 0.2) is 6.10 Å². The van der Waals surface area contributed by atoms with Crippen molar-refractivity contribution in [3.05, 3.63) is 24.0 Å². The summed E-state index contributed by atoms with van der Waals surface area (Å²) in [5, 5.41) is 8.54. The van der Waals surface area contributed by atoms with E-state index in [0.29, 0.717) is 0 Å². The summed E-state index contributed by atoms with van der Waals surface area (Å²) in [6.07, 6.45) is -1.06. The number of benzene rings is 1. The summed E-state index contributed by atoms with van der Waals surface area (Å²) < 4.78 is 17.6. The summed E-state index contributed by atoms with van der Waals surface area (Å²) in [6, 6.07) is 3.54. The summed E-state index contributed by atoms with van der Waals surface area (Å²) in [5.41, 5.74) is 5.66. The molecule has 0 radical (unpaired) electrons. The van der Waals surface area contributed by atoms with E-state index in [2.05, 4.69) is 0 Å². The van der Waals surface area contributed by atoms with Crippen molar-refractivity contribution >= 4 is 11.7 Å². The number of ether oxygens (including phenoxy) is 1. The molecular weight excluding hydrogens is 189 g/mol. The number of carboxylic acid groups (broad SMARTS) is 1. The Morgan fingerprint density at radius 2 is 2.29 bits per heavy atom. The zero-order valence-electron chi connectivity index (χ0n) is 7.53. The third-order valence-corrected chi connectivity index (χ3v) is 1.63. The van der Waals surface area contributed by atoms with Crippen molar-refractivity contribution < 1.29 is 19.0 Å². The lowest BCUT2D eigenvalue weighted by Gasteiger charge is -2.11. The highest BCUT2D eigenvalue weighted by Crippen LogP contribution is 2.23. The van der Waals surface area contributed by atoms with Crippen LogP contribution in [0, 0.1) is 5.82 Å². The minimum Gasteiger partial charge on any atom is -0.479 e. The van der Waals surface area contributed by atoms with Crippen molar-refractivity contribution in [2.75, 3.05) is 5.73 Å². The van der Waals surface area contributed by atoms with Crippen LogP contribution in [0.15, 0.2) is 18.2 Å². The molecule has 0 amide bonds. The predicted molar refractivity (Wildman–Crippen MR) is 48.5 cm³/mol. The smallest absolute Gasteiger partial charge is 0.344 e. The topological polar surface area (TPSA) is 72.5 Å². The van der Waals surface area contributed by atoms with E-state index in [4.69, 9.17) is 15.6 Å². The average Bonchev–Trinajstić information content (AvgIpc) is 2.11. The summed E-state index contributed by atoms with van der Waals surface area (Å²) in [5.74, 6) is -1.61. The maximum atomic E-state index is 12.7. The Hall–Kier alpha value is -1.78. The van der Waals surface area contributed by atoms with Crippen LogP contribution < -0.4 is 10.5 Å². The van der Waals surface area contributed by atoms with E-state index in [-0.39, 0.29) is 11.4 Å². The number of nitrogen functional groups attached to an aromatic ring is 1. The van der Waals surface area contributed by atoms with Crippen molar-refractivity contribution in [3.63, 3.8) is 0 Å². The summed E-state index contributed by atoms with van der Waals surface area (Å²) in [4.78, 5) is 10.4. The monoisotopic (exact) mass is 199 g/mol. The Bertz CT molecular complexity index is 354. The number of carbonyl (C=O) groups is 1. The molecule has 0 aromatic heterocycles. The minimum absolute atomic E-state index is 0.0416. The fraction of sp³-hybridized carbons (Fsp3) is 0.222. The van der Waals surface area contributed by atoms with Gasteiger partial charge in [-0.3, -0.25) is 0 Å². The van der Waals surface area contributed by atoms with Gasteiger partial charge in [0.1, 0.15) is 11.6 Å². The maximum absolute atomic E-state index is 12.7. The van der Waals surface area contributed by atoms with E-state index in [1.54, 1.807) is 0 Å². The lowest BCUT2D eigenvalue weighted by Crippen LogP contribution is -2.23. The highest BCUT2D eigenvalue weighted by atomic mass is 19.1. The van der Waals surface area contributed by atoms with Crippen molar-refractivity contribution in [3.8, 4) is 5.75 Å². The molecule has 1 aromatic carbocycles. The van der Waals surface area contributed by atoms with Gasteiger partial charge in [-0.1, -0.05) is 0 Å². The Morgan fingerprint density at radius 1 is 1.64 bits per heavy atom. The highest BCUT2D eigenvalue weighted by molar-refractivity contribution is 5.72. The molecule has 0 aliphatic heterocycles. The second kappa shape index (κ2) is 3.95. The van der Waals surface area contributed by atoms with E-state index >= 15 is 0 Å². The molecule has 14 heavy (non-hydrogen) atoms. The van der Waals surface area contributed by atoms with Gasteiger partial charge in [-0.2, -0.15) is 0 Å². The normalized spacial score (nSPS) is 12.1.